The van der Waals surface area contributed by atoms with Crippen LogP contribution in [0.5, 0.6) is 0 Å². The van der Waals surface area contributed by atoms with Crippen LogP contribution in [-0.2, 0) is 0 Å². The maximum absolute atomic E-state index is 9.63. The van der Waals surface area contributed by atoms with Crippen LogP contribution in [0.25, 0.3) is 0 Å². The van der Waals surface area contributed by atoms with Crippen molar-refractivity contribution in [2.45, 2.75) is 45.3 Å². The first-order valence-corrected chi connectivity index (χ1v) is 5.59. The summed E-state index contributed by atoms with van der Waals surface area (Å²) >= 11 is 0. The molecule has 0 saturated carbocycles. The lowest BCUT2D eigenvalue weighted by atomic mass is 9.96. The van der Waals surface area contributed by atoms with E-state index in [1.165, 1.54) is 5.56 Å². The fraction of sp³-hybridized carbons (Fsp3) is 0.538. The average Bonchev–Trinajstić information content (AvgIpc) is 2.27. The molecule has 0 aromatic heterocycles. The SMILES string of the molecule is CC[C@H](O)[C@H](N)c1ccc(C(C)C)cc1. The van der Waals surface area contributed by atoms with Gasteiger partial charge >= 0.3 is 0 Å². The molecule has 2 nitrogen and oxygen atoms in total. The number of nitrogens with two attached hydrogens (primary N) is 1. The van der Waals surface area contributed by atoms with E-state index in [4.69, 9.17) is 5.73 Å². The molecule has 15 heavy (non-hydrogen) atoms. The summed E-state index contributed by atoms with van der Waals surface area (Å²) in [5.74, 6) is 0.534. The van der Waals surface area contributed by atoms with Crippen molar-refractivity contribution in [1.29, 1.82) is 0 Å². The minimum atomic E-state index is -0.449. The minimum absolute atomic E-state index is 0.267. The Morgan fingerprint density at radius 1 is 1.13 bits per heavy atom. The topological polar surface area (TPSA) is 46.2 Å². The van der Waals surface area contributed by atoms with Crippen molar-refractivity contribution < 1.29 is 5.11 Å². The number of aliphatic hydroxyl groups excluding tert-OH is 1. The van der Waals surface area contributed by atoms with Gasteiger partial charge in [-0.25, -0.2) is 0 Å². The van der Waals surface area contributed by atoms with Gasteiger partial charge in [-0.2, -0.15) is 0 Å². The Hall–Kier alpha value is -0.860. The minimum Gasteiger partial charge on any atom is -0.391 e. The fourth-order valence-electron chi connectivity index (χ4n) is 1.58. The number of benzene rings is 1. The Kier molecular flexibility index (Phi) is 4.30. The normalized spacial score (nSPS) is 15.3. The Bertz CT molecular complexity index is 292. The van der Waals surface area contributed by atoms with Gasteiger partial charge in [0.05, 0.1) is 12.1 Å². The van der Waals surface area contributed by atoms with Gasteiger partial charge in [-0.05, 0) is 23.5 Å². The highest BCUT2D eigenvalue weighted by Crippen LogP contribution is 2.20. The maximum Gasteiger partial charge on any atom is 0.0730 e. The Morgan fingerprint density at radius 2 is 1.60 bits per heavy atom. The highest BCUT2D eigenvalue weighted by atomic mass is 16.3. The summed E-state index contributed by atoms with van der Waals surface area (Å²) in [4.78, 5) is 0. The molecule has 0 aliphatic heterocycles. The molecule has 3 N–H and O–H groups in total. The summed E-state index contributed by atoms with van der Waals surface area (Å²) in [6.45, 7) is 6.26. The maximum atomic E-state index is 9.63. The molecule has 0 bridgehead atoms. The first-order valence-electron chi connectivity index (χ1n) is 5.59. The summed E-state index contributed by atoms with van der Waals surface area (Å²) in [6.07, 6.45) is 0.238. The third-order valence-corrected chi connectivity index (χ3v) is 2.82. The van der Waals surface area contributed by atoms with E-state index in [1.807, 2.05) is 19.1 Å². The van der Waals surface area contributed by atoms with E-state index < -0.39 is 6.10 Å². The van der Waals surface area contributed by atoms with Crippen molar-refractivity contribution >= 4 is 0 Å². The van der Waals surface area contributed by atoms with Gasteiger partial charge in [0.1, 0.15) is 0 Å². The summed E-state index contributed by atoms with van der Waals surface area (Å²) in [6, 6.07) is 7.93. The molecule has 0 fully saturated rings. The molecule has 0 amide bonds. The van der Waals surface area contributed by atoms with Crippen LogP contribution in [0.1, 0.15) is 50.3 Å². The van der Waals surface area contributed by atoms with Crippen LogP contribution in [-0.4, -0.2) is 11.2 Å². The summed E-state index contributed by atoms with van der Waals surface area (Å²) in [7, 11) is 0. The van der Waals surface area contributed by atoms with Crippen molar-refractivity contribution in [2.24, 2.45) is 5.73 Å². The first-order chi connectivity index (χ1) is 7.06. The van der Waals surface area contributed by atoms with Crippen molar-refractivity contribution in [1.82, 2.24) is 0 Å². The van der Waals surface area contributed by atoms with E-state index in [0.717, 1.165) is 5.56 Å². The molecule has 0 aliphatic rings. The summed E-state index contributed by atoms with van der Waals surface area (Å²) < 4.78 is 0. The molecule has 0 spiro atoms. The molecule has 2 heteroatoms. The molecule has 0 aliphatic carbocycles. The quantitative estimate of drug-likeness (QED) is 0.797. The number of hydrogen-bond acceptors (Lipinski definition) is 2. The molecule has 1 aromatic carbocycles. The van der Waals surface area contributed by atoms with Crippen molar-refractivity contribution in [3.05, 3.63) is 35.4 Å². The third kappa shape index (κ3) is 3.05. The molecule has 0 radical (unpaired) electrons. The number of aliphatic hydroxyl groups is 1. The zero-order chi connectivity index (χ0) is 11.4. The third-order valence-electron chi connectivity index (χ3n) is 2.82. The Labute approximate surface area is 92.1 Å². The predicted octanol–water partition coefficient (Wildman–Crippen LogP) is 2.58. The second kappa shape index (κ2) is 5.29. The van der Waals surface area contributed by atoms with Crippen molar-refractivity contribution in [3.8, 4) is 0 Å². The molecule has 1 aromatic rings. The van der Waals surface area contributed by atoms with Gasteiger partial charge in [-0.15, -0.1) is 0 Å². The van der Waals surface area contributed by atoms with Gasteiger partial charge in [0.2, 0.25) is 0 Å². The van der Waals surface area contributed by atoms with E-state index in [-0.39, 0.29) is 6.04 Å². The molecule has 2 atom stereocenters. The Morgan fingerprint density at radius 3 is 2.00 bits per heavy atom. The summed E-state index contributed by atoms with van der Waals surface area (Å²) in [5, 5.41) is 9.63. The second-order valence-corrected chi connectivity index (χ2v) is 4.32. The monoisotopic (exact) mass is 207 g/mol. The van der Waals surface area contributed by atoms with Crippen LogP contribution in [0.2, 0.25) is 0 Å². The van der Waals surface area contributed by atoms with E-state index in [2.05, 4.69) is 26.0 Å². The van der Waals surface area contributed by atoms with Crippen LogP contribution in [0.15, 0.2) is 24.3 Å². The van der Waals surface area contributed by atoms with E-state index in [9.17, 15) is 5.11 Å². The van der Waals surface area contributed by atoms with Gasteiger partial charge in [-0.3, -0.25) is 0 Å². The Balaban J connectivity index is 2.79. The highest BCUT2D eigenvalue weighted by molar-refractivity contribution is 5.27. The van der Waals surface area contributed by atoms with E-state index in [1.54, 1.807) is 0 Å². The molecule has 84 valence electrons. The van der Waals surface area contributed by atoms with Crippen molar-refractivity contribution in [2.75, 3.05) is 0 Å². The predicted molar refractivity (Wildman–Crippen MR) is 63.8 cm³/mol. The second-order valence-electron chi connectivity index (χ2n) is 4.32. The van der Waals surface area contributed by atoms with E-state index in [0.29, 0.717) is 12.3 Å². The van der Waals surface area contributed by atoms with E-state index >= 15 is 0 Å². The molecular formula is C13H21NO. The molecule has 0 saturated heterocycles. The zero-order valence-electron chi connectivity index (χ0n) is 9.77. The lowest BCUT2D eigenvalue weighted by Crippen LogP contribution is -2.25. The standard InChI is InChI=1S/C13H21NO/c1-4-12(15)13(14)11-7-5-10(6-8-11)9(2)3/h5-9,12-13,15H,4,14H2,1-3H3/t12-,13+/m0/s1. The largest absolute Gasteiger partial charge is 0.391 e. The lowest BCUT2D eigenvalue weighted by molar-refractivity contribution is 0.140. The zero-order valence-corrected chi connectivity index (χ0v) is 9.77. The average molecular weight is 207 g/mol. The van der Waals surface area contributed by atoms with Gasteiger partial charge in [0, 0.05) is 0 Å². The van der Waals surface area contributed by atoms with Crippen LogP contribution in [0.4, 0.5) is 0 Å². The molecule has 0 heterocycles. The number of rotatable bonds is 4. The van der Waals surface area contributed by atoms with Gasteiger partial charge in [-0.1, -0.05) is 45.0 Å². The van der Waals surface area contributed by atoms with Gasteiger partial charge < -0.3 is 10.8 Å². The highest BCUT2D eigenvalue weighted by Gasteiger charge is 2.14. The molecule has 1 rings (SSSR count). The number of hydrogen-bond donors (Lipinski definition) is 2. The van der Waals surface area contributed by atoms with Gasteiger partial charge in [0.15, 0.2) is 0 Å². The van der Waals surface area contributed by atoms with Gasteiger partial charge in [0.25, 0.3) is 0 Å². The summed E-state index contributed by atoms with van der Waals surface area (Å²) in [5.41, 5.74) is 8.24. The fourth-order valence-corrected chi connectivity index (χ4v) is 1.58. The first kappa shape index (κ1) is 12.2. The van der Waals surface area contributed by atoms with Crippen LogP contribution in [0.3, 0.4) is 0 Å². The van der Waals surface area contributed by atoms with Crippen LogP contribution >= 0.6 is 0 Å². The lowest BCUT2D eigenvalue weighted by Gasteiger charge is -2.18. The van der Waals surface area contributed by atoms with Crippen molar-refractivity contribution in [3.63, 3.8) is 0 Å². The smallest absolute Gasteiger partial charge is 0.0730 e. The van der Waals surface area contributed by atoms with Crippen LogP contribution < -0.4 is 5.73 Å². The van der Waals surface area contributed by atoms with Crippen LogP contribution in [0, 0.1) is 0 Å². The molecular weight excluding hydrogens is 186 g/mol. The molecule has 0 unspecified atom stereocenters.